The van der Waals surface area contributed by atoms with Crippen LogP contribution in [0.15, 0.2) is 0 Å². The first-order valence-corrected chi connectivity index (χ1v) is 8.22. The summed E-state index contributed by atoms with van der Waals surface area (Å²) in [5.74, 6) is -7.66. The van der Waals surface area contributed by atoms with Crippen molar-refractivity contribution in [3.8, 4) is 0 Å². The van der Waals surface area contributed by atoms with E-state index in [4.69, 9.17) is 25.5 Å². The van der Waals surface area contributed by atoms with Gasteiger partial charge in [0.2, 0.25) is 11.8 Å². The van der Waals surface area contributed by atoms with Crippen LogP contribution in [0.2, 0.25) is 0 Å². The Morgan fingerprint density at radius 2 is 0.862 bits per heavy atom. The molecule has 0 rings (SSSR count). The van der Waals surface area contributed by atoms with Crippen LogP contribution in [-0.2, 0) is 28.8 Å². The first kappa shape index (κ1) is 25.7. The maximum atomic E-state index is 12.3. The van der Waals surface area contributed by atoms with Crippen molar-refractivity contribution >= 4 is 35.7 Å². The zero-order valence-electron chi connectivity index (χ0n) is 15.4. The lowest BCUT2D eigenvalue weighted by atomic mass is 10.3. The standard InChI is InChI=1S/C15H23N3O11/c19-3-1-2-16(4-10(20)17(6-12(22)23)7-13(24)25)5-11(21)18(8-14(26)27)9-15(28)29/h19H,1-9H2,(H,22,23)(H,24,25)(H,26,27)(H,28,29). The van der Waals surface area contributed by atoms with E-state index in [1.54, 1.807) is 0 Å². The molecule has 0 aromatic heterocycles. The third-order valence-corrected chi connectivity index (χ3v) is 3.36. The Morgan fingerprint density at radius 1 is 0.552 bits per heavy atom. The number of carboxylic acids is 4. The number of carboxylic acid groups (broad SMARTS) is 4. The predicted octanol–water partition coefficient (Wildman–Crippen LogP) is -3.33. The van der Waals surface area contributed by atoms with Gasteiger partial charge in [-0.15, -0.1) is 0 Å². The van der Waals surface area contributed by atoms with Gasteiger partial charge in [0.25, 0.3) is 0 Å². The number of aliphatic carboxylic acids is 4. The van der Waals surface area contributed by atoms with Gasteiger partial charge >= 0.3 is 23.9 Å². The van der Waals surface area contributed by atoms with Crippen molar-refractivity contribution in [3.63, 3.8) is 0 Å². The summed E-state index contributed by atoms with van der Waals surface area (Å²) in [5, 5.41) is 44.2. The van der Waals surface area contributed by atoms with Crippen molar-refractivity contribution in [1.82, 2.24) is 14.7 Å². The van der Waals surface area contributed by atoms with E-state index < -0.39 is 75.0 Å². The molecule has 0 atom stereocenters. The minimum atomic E-state index is -1.45. The lowest BCUT2D eigenvalue weighted by molar-refractivity contribution is -0.151. The summed E-state index contributed by atoms with van der Waals surface area (Å²) in [6, 6.07) is 0. The molecule has 0 aliphatic rings. The number of hydrogen-bond acceptors (Lipinski definition) is 8. The molecule has 14 nitrogen and oxygen atoms in total. The normalized spacial score (nSPS) is 10.4. The van der Waals surface area contributed by atoms with Gasteiger partial charge in [0.15, 0.2) is 0 Å². The fourth-order valence-corrected chi connectivity index (χ4v) is 2.21. The molecule has 0 aromatic carbocycles. The molecule has 0 heterocycles. The highest BCUT2D eigenvalue weighted by atomic mass is 16.4. The quantitative estimate of drug-likeness (QED) is 0.175. The van der Waals surface area contributed by atoms with E-state index >= 15 is 0 Å². The Hall–Kier alpha value is -3.26. The lowest BCUT2D eigenvalue weighted by Crippen LogP contribution is -2.49. The number of amides is 2. The van der Waals surface area contributed by atoms with Crippen molar-refractivity contribution in [1.29, 1.82) is 0 Å². The fraction of sp³-hybridized carbons (Fsp3) is 0.600. The number of carbonyl (C=O) groups is 6. The van der Waals surface area contributed by atoms with Crippen LogP contribution in [0.4, 0.5) is 0 Å². The number of carbonyl (C=O) groups excluding carboxylic acids is 2. The Balaban J connectivity index is 5.29. The van der Waals surface area contributed by atoms with E-state index in [-0.39, 0.29) is 19.6 Å². The molecule has 0 bridgehead atoms. The van der Waals surface area contributed by atoms with E-state index in [0.29, 0.717) is 9.80 Å². The van der Waals surface area contributed by atoms with E-state index in [9.17, 15) is 28.8 Å². The summed E-state index contributed by atoms with van der Waals surface area (Å²) in [6.07, 6.45) is 0.0935. The molecule has 164 valence electrons. The lowest BCUT2D eigenvalue weighted by Gasteiger charge is -2.27. The van der Waals surface area contributed by atoms with Gasteiger partial charge in [0.1, 0.15) is 26.2 Å². The molecule has 0 unspecified atom stereocenters. The topological polar surface area (TPSA) is 213 Å². The highest BCUT2D eigenvalue weighted by Crippen LogP contribution is 2.01. The third-order valence-electron chi connectivity index (χ3n) is 3.36. The molecule has 0 aliphatic carbocycles. The number of hydrogen-bond donors (Lipinski definition) is 5. The zero-order valence-corrected chi connectivity index (χ0v) is 15.4. The second-order valence-corrected chi connectivity index (χ2v) is 5.86. The summed E-state index contributed by atoms with van der Waals surface area (Å²) in [5.41, 5.74) is 0. The highest BCUT2D eigenvalue weighted by molar-refractivity contribution is 5.88. The Kier molecular flexibility index (Phi) is 11.5. The summed E-state index contributed by atoms with van der Waals surface area (Å²) in [7, 11) is 0. The Morgan fingerprint density at radius 3 is 1.10 bits per heavy atom. The molecule has 2 amide bonds. The van der Waals surface area contributed by atoms with Crippen LogP contribution in [-0.4, -0.2) is 128 Å². The van der Waals surface area contributed by atoms with Gasteiger partial charge in [-0.1, -0.05) is 0 Å². The molecular weight excluding hydrogens is 398 g/mol. The molecule has 0 fully saturated rings. The maximum absolute atomic E-state index is 12.3. The van der Waals surface area contributed by atoms with Crippen LogP contribution in [0.5, 0.6) is 0 Å². The van der Waals surface area contributed by atoms with Crippen LogP contribution >= 0.6 is 0 Å². The van der Waals surface area contributed by atoms with Crippen molar-refractivity contribution < 1.29 is 54.3 Å². The first-order valence-electron chi connectivity index (χ1n) is 8.22. The van der Waals surface area contributed by atoms with Gasteiger partial charge in [-0.05, 0) is 6.42 Å². The van der Waals surface area contributed by atoms with Gasteiger partial charge in [-0.3, -0.25) is 33.7 Å². The minimum Gasteiger partial charge on any atom is -0.480 e. The third kappa shape index (κ3) is 11.9. The maximum Gasteiger partial charge on any atom is 0.323 e. The summed E-state index contributed by atoms with van der Waals surface area (Å²) < 4.78 is 0. The SMILES string of the molecule is O=C(O)CN(CC(=O)O)C(=O)CN(CCCO)CC(=O)N(CC(=O)O)CC(=O)O. The zero-order chi connectivity index (χ0) is 22.6. The summed E-state index contributed by atoms with van der Waals surface area (Å²) in [6.45, 7) is -5.13. The fourth-order valence-electron chi connectivity index (χ4n) is 2.21. The van der Waals surface area contributed by atoms with Crippen LogP contribution in [0, 0.1) is 0 Å². The average molecular weight is 421 g/mol. The number of rotatable bonds is 15. The van der Waals surface area contributed by atoms with Crippen molar-refractivity contribution in [2.75, 3.05) is 52.4 Å². The monoisotopic (exact) mass is 421 g/mol. The van der Waals surface area contributed by atoms with Crippen LogP contribution in [0.3, 0.4) is 0 Å². The molecule has 0 saturated carbocycles. The van der Waals surface area contributed by atoms with Crippen molar-refractivity contribution in [2.24, 2.45) is 0 Å². The molecule has 29 heavy (non-hydrogen) atoms. The number of nitrogens with zero attached hydrogens (tertiary/aromatic N) is 3. The van der Waals surface area contributed by atoms with Gasteiger partial charge < -0.3 is 35.3 Å². The molecule has 0 saturated heterocycles. The number of aliphatic hydroxyl groups is 1. The Labute approximate surface area is 164 Å². The second-order valence-electron chi connectivity index (χ2n) is 5.86. The van der Waals surface area contributed by atoms with E-state index in [2.05, 4.69) is 0 Å². The molecule has 5 N–H and O–H groups in total. The first-order chi connectivity index (χ1) is 13.5. The van der Waals surface area contributed by atoms with Crippen LogP contribution in [0.1, 0.15) is 6.42 Å². The van der Waals surface area contributed by atoms with Gasteiger partial charge in [0, 0.05) is 13.2 Å². The van der Waals surface area contributed by atoms with Gasteiger partial charge in [-0.2, -0.15) is 0 Å². The molecule has 0 aromatic rings. The van der Waals surface area contributed by atoms with Crippen LogP contribution in [0.25, 0.3) is 0 Å². The molecule has 14 heteroatoms. The van der Waals surface area contributed by atoms with Crippen molar-refractivity contribution in [3.05, 3.63) is 0 Å². The van der Waals surface area contributed by atoms with Gasteiger partial charge in [-0.25, -0.2) is 0 Å². The largest absolute Gasteiger partial charge is 0.480 e. The smallest absolute Gasteiger partial charge is 0.323 e. The molecule has 0 aliphatic heterocycles. The summed E-state index contributed by atoms with van der Waals surface area (Å²) >= 11 is 0. The molecule has 0 radical (unpaired) electrons. The second kappa shape index (κ2) is 13.0. The van der Waals surface area contributed by atoms with E-state index in [1.165, 1.54) is 0 Å². The van der Waals surface area contributed by atoms with E-state index in [1.807, 2.05) is 0 Å². The predicted molar refractivity (Wildman–Crippen MR) is 91.8 cm³/mol. The number of aliphatic hydroxyl groups excluding tert-OH is 1. The molecule has 0 spiro atoms. The van der Waals surface area contributed by atoms with E-state index in [0.717, 1.165) is 4.90 Å². The Bertz CT molecular complexity index is 555. The highest BCUT2D eigenvalue weighted by Gasteiger charge is 2.26. The van der Waals surface area contributed by atoms with Crippen molar-refractivity contribution in [2.45, 2.75) is 6.42 Å². The summed E-state index contributed by atoms with van der Waals surface area (Å²) in [4.78, 5) is 70.0. The minimum absolute atomic E-state index is 0.0457. The molecular formula is C15H23N3O11. The van der Waals surface area contributed by atoms with Crippen LogP contribution < -0.4 is 0 Å². The van der Waals surface area contributed by atoms with Gasteiger partial charge in [0.05, 0.1) is 13.1 Å². The average Bonchev–Trinajstić information content (AvgIpc) is 2.56.